The Kier molecular flexibility index (Phi) is 7.86. The Morgan fingerprint density at radius 3 is 2.41 bits per heavy atom. The van der Waals surface area contributed by atoms with Gasteiger partial charge < -0.3 is 10.2 Å². The largest absolute Gasteiger partial charge is 0.311 e. The topological polar surface area (TPSA) is 15.3 Å². The van der Waals surface area contributed by atoms with E-state index in [1.165, 1.54) is 30.8 Å². The van der Waals surface area contributed by atoms with Gasteiger partial charge in [0.15, 0.2) is 0 Å². The molecule has 17 heavy (non-hydrogen) atoms. The first-order chi connectivity index (χ1) is 8.26. The summed E-state index contributed by atoms with van der Waals surface area (Å²) >= 11 is 7.55. The summed E-state index contributed by atoms with van der Waals surface area (Å²) in [5.74, 6) is 0. The summed E-state index contributed by atoms with van der Waals surface area (Å²) in [5.41, 5.74) is 0. The SMILES string of the molecule is CCCN(CCC)CCNCc1ccc(Cl)s1. The molecule has 0 fully saturated rings. The van der Waals surface area contributed by atoms with Gasteiger partial charge in [-0.3, -0.25) is 0 Å². The predicted octanol–water partition coefficient (Wildman–Crippen LogP) is 3.61. The monoisotopic (exact) mass is 274 g/mol. The molecule has 4 heteroatoms. The Morgan fingerprint density at radius 2 is 1.88 bits per heavy atom. The van der Waals surface area contributed by atoms with Crippen LogP contribution in [-0.4, -0.2) is 31.1 Å². The highest BCUT2D eigenvalue weighted by atomic mass is 35.5. The molecule has 0 aliphatic carbocycles. The molecule has 0 aliphatic heterocycles. The average Bonchev–Trinajstić information content (AvgIpc) is 2.71. The van der Waals surface area contributed by atoms with E-state index in [-0.39, 0.29) is 0 Å². The Labute approximate surface area is 114 Å². The summed E-state index contributed by atoms with van der Waals surface area (Å²) in [6.07, 6.45) is 2.47. The maximum absolute atomic E-state index is 5.89. The van der Waals surface area contributed by atoms with Gasteiger partial charge in [-0.2, -0.15) is 0 Å². The van der Waals surface area contributed by atoms with Crippen LogP contribution in [0.25, 0.3) is 0 Å². The fourth-order valence-corrected chi connectivity index (χ4v) is 2.92. The number of nitrogens with one attached hydrogen (secondary N) is 1. The molecule has 0 amide bonds. The van der Waals surface area contributed by atoms with Crippen molar-refractivity contribution in [1.82, 2.24) is 10.2 Å². The molecule has 0 radical (unpaired) electrons. The second kappa shape index (κ2) is 8.92. The van der Waals surface area contributed by atoms with Crippen LogP contribution < -0.4 is 5.32 Å². The lowest BCUT2D eigenvalue weighted by atomic mass is 10.3. The number of hydrogen-bond donors (Lipinski definition) is 1. The fraction of sp³-hybridized carbons (Fsp3) is 0.692. The van der Waals surface area contributed by atoms with Crippen LogP contribution in [0.1, 0.15) is 31.6 Å². The zero-order valence-electron chi connectivity index (χ0n) is 10.8. The fourth-order valence-electron chi connectivity index (χ4n) is 1.86. The van der Waals surface area contributed by atoms with Crippen LogP contribution in [0.4, 0.5) is 0 Å². The first-order valence-electron chi connectivity index (χ1n) is 6.43. The first-order valence-corrected chi connectivity index (χ1v) is 7.63. The molecular weight excluding hydrogens is 252 g/mol. The van der Waals surface area contributed by atoms with E-state index in [4.69, 9.17) is 11.6 Å². The van der Waals surface area contributed by atoms with Crippen molar-refractivity contribution in [1.29, 1.82) is 0 Å². The minimum Gasteiger partial charge on any atom is -0.311 e. The molecule has 1 rings (SSSR count). The van der Waals surface area contributed by atoms with Crippen molar-refractivity contribution in [2.45, 2.75) is 33.2 Å². The third kappa shape index (κ3) is 6.41. The summed E-state index contributed by atoms with van der Waals surface area (Å²) < 4.78 is 0.875. The van der Waals surface area contributed by atoms with Crippen molar-refractivity contribution in [2.75, 3.05) is 26.2 Å². The van der Waals surface area contributed by atoms with E-state index in [9.17, 15) is 0 Å². The summed E-state index contributed by atoms with van der Waals surface area (Å²) in [6.45, 7) is 10.0. The molecule has 1 aromatic heterocycles. The lowest BCUT2D eigenvalue weighted by Gasteiger charge is -2.20. The van der Waals surface area contributed by atoms with E-state index in [0.29, 0.717) is 0 Å². The second-order valence-electron chi connectivity index (χ2n) is 4.22. The van der Waals surface area contributed by atoms with E-state index in [1.54, 1.807) is 11.3 Å². The Hall–Kier alpha value is -0.0900. The van der Waals surface area contributed by atoms with Gasteiger partial charge in [0.25, 0.3) is 0 Å². The molecule has 1 aromatic rings. The lowest BCUT2D eigenvalue weighted by molar-refractivity contribution is 0.274. The molecule has 1 N–H and O–H groups in total. The minimum atomic E-state index is 0.875. The molecule has 0 unspecified atom stereocenters. The van der Waals surface area contributed by atoms with Crippen molar-refractivity contribution in [3.63, 3.8) is 0 Å². The molecule has 0 saturated carbocycles. The van der Waals surface area contributed by atoms with E-state index in [1.807, 2.05) is 6.07 Å². The van der Waals surface area contributed by atoms with E-state index in [2.05, 4.69) is 30.1 Å². The molecule has 0 spiro atoms. The number of rotatable bonds is 9. The van der Waals surface area contributed by atoms with E-state index < -0.39 is 0 Å². The standard InChI is InChI=1S/C13H23ClN2S/c1-3-8-16(9-4-2)10-7-15-11-12-5-6-13(14)17-12/h5-6,15H,3-4,7-11H2,1-2H3. The average molecular weight is 275 g/mol. The van der Waals surface area contributed by atoms with Crippen LogP contribution in [0.3, 0.4) is 0 Å². The van der Waals surface area contributed by atoms with Crippen LogP contribution in [0.2, 0.25) is 4.34 Å². The summed E-state index contributed by atoms with van der Waals surface area (Å²) in [7, 11) is 0. The van der Waals surface area contributed by atoms with Gasteiger partial charge in [-0.25, -0.2) is 0 Å². The maximum atomic E-state index is 5.89. The van der Waals surface area contributed by atoms with Gasteiger partial charge in [-0.1, -0.05) is 25.4 Å². The van der Waals surface area contributed by atoms with Crippen LogP contribution in [-0.2, 0) is 6.54 Å². The third-order valence-corrected chi connectivity index (χ3v) is 3.84. The van der Waals surface area contributed by atoms with Crippen LogP contribution >= 0.6 is 22.9 Å². The normalized spacial score (nSPS) is 11.3. The molecule has 0 bridgehead atoms. The molecule has 0 aliphatic rings. The smallest absolute Gasteiger partial charge is 0.0931 e. The van der Waals surface area contributed by atoms with Crippen molar-refractivity contribution in [3.05, 3.63) is 21.3 Å². The lowest BCUT2D eigenvalue weighted by Crippen LogP contribution is -2.33. The quantitative estimate of drug-likeness (QED) is 0.692. The zero-order valence-corrected chi connectivity index (χ0v) is 12.4. The van der Waals surface area contributed by atoms with Crippen LogP contribution in [0, 0.1) is 0 Å². The predicted molar refractivity (Wildman–Crippen MR) is 78.1 cm³/mol. The number of thiophene rings is 1. The molecule has 0 saturated heterocycles. The molecule has 1 heterocycles. The number of halogens is 1. The highest BCUT2D eigenvalue weighted by Crippen LogP contribution is 2.20. The molecule has 0 aromatic carbocycles. The van der Waals surface area contributed by atoms with E-state index >= 15 is 0 Å². The van der Waals surface area contributed by atoms with Crippen molar-refractivity contribution < 1.29 is 0 Å². The summed E-state index contributed by atoms with van der Waals surface area (Å²) in [4.78, 5) is 3.83. The van der Waals surface area contributed by atoms with Gasteiger partial charge in [0, 0.05) is 24.5 Å². The molecular formula is C13H23ClN2S. The number of hydrogen-bond acceptors (Lipinski definition) is 3. The minimum absolute atomic E-state index is 0.875. The van der Waals surface area contributed by atoms with Crippen LogP contribution in [0.5, 0.6) is 0 Å². The molecule has 0 atom stereocenters. The Morgan fingerprint density at radius 1 is 1.18 bits per heavy atom. The Bertz CT molecular complexity index is 295. The van der Waals surface area contributed by atoms with Gasteiger partial charge in [0.1, 0.15) is 0 Å². The summed E-state index contributed by atoms with van der Waals surface area (Å²) in [6, 6.07) is 4.06. The zero-order chi connectivity index (χ0) is 12.5. The Balaban J connectivity index is 2.13. The van der Waals surface area contributed by atoms with Crippen molar-refractivity contribution in [2.24, 2.45) is 0 Å². The van der Waals surface area contributed by atoms with Gasteiger partial charge in [-0.15, -0.1) is 11.3 Å². The van der Waals surface area contributed by atoms with Gasteiger partial charge in [0.05, 0.1) is 4.34 Å². The highest BCUT2D eigenvalue weighted by Gasteiger charge is 2.02. The number of nitrogens with zero attached hydrogens (tertiary/aromatic N) is 1. The van der Waals surface area contributed by atoms with Gasteiger partial charge >= 0.3 is 0 Å². The van der Waals surface area contributed by atoms with Crippen LogP contribution in [0.15, 0.2) is 12.1 Å². The molecule has 2 nitrogen and oxygen atoms in total. The maximum Gasteiger partial charge on any atom is 0.0931 e. The third-order valence-electron chi connectivity index (χ3n) is 2.61. The second-order valence-corrected chi connectivity index (χ2v) is 6.02. The van der Waals surface area contributed by atoms with Gasteiger partial charge in [-0.05, 0) is 38.1 Å². The summed E-state index contributed by atoms with van der Waals surface area (Å²) in [5, 5.41) is 3.47. The van der Waals surface area contributed by atoms with E-state index in [0.717, 1.165) is 24.0 Å². The van der Waals surface area contributed by atoms with Gasteiger partial charge in [0.2, 0.25) is 0 Å². The van der Waals surface area contributed by atoms with Crippen molar-refractivity contribution >= 4 is 22.9 Å². The first kappa shape index (κ1) is 15.0. The highest BCUT2D eigenvalue weighted by molar-refractivity contribution is 7.16. The van der Waals surface area contributed by atoms with Crippen molar-refractivity contribution in [3.8, 4) is 0 Å². The molecule has 98 valence electrons.